The minimum atomic E-state index is -0.327. The van der Waals surface area contributed by atoms with Gasteiger partial charge in [0.1, 0.15) is 0 Å². The fourth-order valence-corrected chi connectivity index (χ4v) is 2.09. The van der Waals surface area contributed by atoms with Crippen molar-refractivity contribution in [3.63, 3.8) is 0 Å². The molecule has 2 N–H and O–H groups in total. The van der Waals surface area contributed by atoms with Gasteiger partial charge in [0.2, 0.25) is 0 Å². The first kappa shape index (κ1) is 16.2. The number of aliphatic hydroxyl groups is 1. The van der Waals surface area contributed by atoms with Crippen LogP contribution in [0.15, 0.2) is 6.20 Å². The normalized spacial score (nSPS) is 12.6. The SMILES string of the molecule is Cc1ncc(C(=O)NC(CCO)C(C)C)c(Cl)c1Cl. The maximum Gasteiger partial charge on any atom is 0.254 e. The van der Waals surface area contributed by atoms with Crippen LogP contribution in [0, 0.1) is 12.8 Å². The van der Waals surface area contributed by atoms with E-state index in [1.807, 2.05) is 13.8 Å². The van der Waals surface area contributed by atoms with Crippen LogP contribution in [0.4, 0.5) is 0 Å². The van der Waals surface area contributed by atoms with Gasteiger partial charge in [0.25, 0.3) is 5.91 Å². The third kappa shape index (κ3) is 4.06. The predicted octanol–water partition coefficient (Wildman–Crippen LogP) is 2.83. The number of hydrogen-bond acceptors (Lipinski definition) is 3. The summed E-state index contributed by atoms with van der Waals surface area (Å²) in [6, 6.07) is -0.117. The molecule has 0 radical (unpaired) electrons. The standard InChI is InChI=1S/C13H18Cl2N2O2/c1-7(2)10(4-5-18)17-13(19)9-6-16-8(3)11(14)12(9)15/h6-7,10,18H,4-5H2,1-3H3,(H,17,19). The molecule has 1 heterocycles. The highest BCUT2D eigenvalue weighted by Gasteiger charge is 2.20. The van der Waals surface area contributed by atoms with Gasteiger partial charge in [-0.3, -0.25) is 9.78 Å². The van der Waals surface area contributed by atoms with Gasteiger partial charge in [0, 0.05) is 18.8 Å². The average Bonchev–Trinajstić information content (AvgIpc) is 2.35. The van der Waals surface area contributed by atoms with E-state index in [0.29, 0.717) is 12.1 Å². The van der Waals surface area contributed by atoms with Crippen molar-refractivity contribution >= 4 is 29.1 Å². The van der Waals surface area contributed by atoms with E-state index in [4.69, 9.17) is 28.3 Å². The van der Waals surface area contributed by atoms with Crippen molar-refractivity contribution in [3.05, 3.63) is 27.5 Å². The summed E-state index contributed by atoms with van der Waals surface area (Å²) < 4.78 is 0. The zero-order chi connectivity index (χ0) is 14.6. The quantitative estimate of drug-likeness (QED) is 0.879. The number of halogens is 2. The number of nitrogens with one attached hydrogen (secondary N) is 1. The molecule has 6 heteroatoms. The van der Waals surface area contributed by atoms with Crippen LogP contribution in [0.1, 0.15) is 36.3 Å². The number of aromatic nitrogens is 1. The van der Waals surface area contributed by atoms with Crippen LogP contribution in [0.5, 0.6) is 0 Å². The van der Waals surface area contributed by atoms with Crippen LogP contribution in [-0.2, 0) is 0 Å². The van der Waals surface area contributed by atoms with Gasteiger partial charge in [-0.2, -0.15) is 0 Å². The molecule has 1 amide bonds. The summed E-state index contributed by atoms with van der Waals surface area (Å²) in [6.45, 7) is 5.69. The zero-order valence-electron chi connectivity index (χ0n) is 11.2. The Morgan fingerprint density at radius 1 is 1.42 bits per heavy atom. The molecule has 0 aliphatic rings. The van der Waals surface area contributed by atoms with E-state index in [9.17, 15) is 4.79 Å². The molecule has 0 saturated carbocycles. The maximum atomic E-state index is 12.1. The number of nitrogens with zero attached hydrogens (tertiary/aromatic N) is 1. The van der Waals surface area contributed by atoms with Crippen molar-refractivity contribution in [1.82, 2.24) is 10.3 Å². The fraction of sp³-hybridized carbons (Fsp3) is 0.538. The Hall–Kier alpha value is -0.840. The summed E-state index contributed by atoms with van der Waals surface area (Å²) in [7, 11) is 0. The average molecular weight is 305 g/mol. The first-order valence-electron chi connectivity index (χ1n) is 6.10. The lowest BCUT2D eigenvalue weighted by molar-refractivity contribution is 0.0916. The molecule has 0 aromatic carbocycles. The van der Waals surface area contributed by atoms with Crippen molar-refractivity contribution in [3.8, 4) is 0 Å². The van der Waals surface area contributed by atoms with Gasteiger partial charge in [-0.1, -0.05) is 37.0 Å². The van der Waals surface area contributed by atoms with E-state index in [-0.39, 0.29) is 40.1 Å². The number of aryl methyl sites for hydroxylation is 1. The number of pyridine rings is 1. The molecule has 1 atom stereocenters. The van der Waals surface area contributed by atoms with Gasteiger partial charge in [-0.15, -0.1) is 0 Å². The molecule has 0 spiro atoms. The molecule has 0 bridgehead atoms. The number of rotatable bonds is 5. The van der Waals surface area contributed by atoms with Crippen molar-refractivity contribution in [2.75, 3.05) is 6.61 Å². The highest BCUT2D eigenvalue weighted by Crippen LogP contribution is 2.27. The molecule has 19 heavy (non-hydrogen) atoms. The van der Waals surface area contributed by atoms with Gasteiger partial charge in [-0.05, 0) is 19.3 Å². The van der Waals surface area contributed by atoms with Crippen LogP contribution >= 0.6 is 23.2 Å². The number of carbonyl (C=O) groups is 1. The van der Waals surface area contributed by atoms with E-state index in [2.05, 4.69) is 10.3 Å². The summed E-state index contributed by atoms with van der Waals surface area (Å²) in [6.07, 6.45) is 1.91. The number of aliphatic hydroxyl groups excluding tert-OH is 1. The largest absolute Gasteiger partial charge is 0.396 e. The van der Waals surface area contributed by atoms with Gasteiger partial charge in [0.05, 0.1) is 21.3 Å². The van der Waals surface area contributed by atoms with Gasteiger partial charge < -0.3 is 10.4 Å². The fourth-order valence-electron chi connectivity index (χ4n) is 1.67. The molecule has 1 aromatic rings. The summed E-state index contributed by atoms with van der Waals surface area (Å²) >= 11 is 12.0. The van der Waals surface area contributed by atoms with Crippen LogP contribution in [-0.4, -0.2) is 28.6 Å². The number of hydrogen-bond donors (Lipinski definition) is 2. The minimum absolute atomic E-state index is 0.0176. The lowest BCUT2D eigenvalue weighted by atomic mass is 10.0. The Labute approximate surface area is 123 Å². The zero-order valence-corrected chi connectivity index (χ0v) is 12.7. The van der Waals surface area contributed by atoms with Crippen LogP contribution in [0.3, 0.4) is 0 Å². The van der Waals surface area contributed by atoms with Crippen LogP contribution in [0.2, 0.25) is 10.0 Å². The number of amides is 1. The maximum absolute atomic E-state index is 12.1. The monoisotopic (exact) mass is 304 g/mol. The molecule has 0 aliphatic carbocycles. The second-order valence-corrected chi connectivity index (χ2v) is 5.48. The second kappa shape index (κ2) is 7.08. The van der Waals surface area contributed by atoms with E-state index in [1.54, 1.807) is 6.92 Å². The van der Waals surface area contributed by atoms with Gasteiger partial charge >= 0.3 is 0 Å². The summed E-state index contributed by atoms with van der Waals surface area (Å²) in [5.41, 5.74) is 0.833. The highest BCUT2D eigenvalue weighted by molar-refractivity contribution is 6.44. The molecular formula is C13H18Cl2N2O2. The third-order valence-corrected chi connectivity index (χ3v) is 3.89. The Morgan fingerprint density at radius 2 is 2.05 bits per heavy atom. The first-order valence-corrected chi connectivity index (χ1v) is 6.86. The van der Waals surface area contributed by atoms with Gasteiger partial charge in [0.15, 0.2) is 0 Å². The summed E-state index contributed by atoms with van der Waals surface area (Å²) in [4.78, 5) is 16.2. The van der Waals surface area contributed by atoms with E-state index in [1.165, 1.54) is 6.20 Å². The Morgan fingerprint density at radius 3 is 2.58 bits per heavy atom. The molecule has 106 valence electrons. The van der Waals surface area contributed by atoms with Gasteiger partial charge in [-0.25, -0.2) is 0 Å². The van der Waals surface area contributed by atoms with Crippen molar-refractivity contribution in [2.24, 2.45) is 5.92 Å². The summed E-state index contributed by atoms with van der Waals surface area (Å²) in [5, 5.41) is 12.3. The lowest BCUT2D eigenvalue weighted by Gasteiger charge is -2.21. The van der Waals surface area contributed by atoms with Crippen LogP contribution in [0.25, 0.3) is 0 Å². The number of carbonyl (C=O) groups excluding carboxylic acids is 1. The van der Waals surface area contributed by atoms with E-state index >= 15 is 0 Å². The minimum Gasteiger partial charge on any atom is -0.396 e. The Kier molecular flexibility index (Phi) is 6.04. The van der Waals surface area contributed by atoms with Crippen molar-refractivity contribution in [1.29, 1.82) is 0 Å². The third-order valence-electron chi connectivity index (χ3n) is 2.94. The molecule has 0 saturated heterocycles. The van der Waals surface area contributed by atoms with Crippen molar-refractivity contribution < 1.29 is 9.90 Å². The second-order valence-electron chi connectivity index (χ2n) is 4.72. The smallest absolute Gasteiger partial charge is 0.254 e. The molecule has 0 fully saturated rings. The van der Waals surface area contributed by atoms with Crippen LogP contribution < -0.4 is 5.32 Å². The molecule has 1 unspecified atom stereocenters. The first-order chi connectivity index (χ1) is 8.88. The predicted molar refractivity (Wildman–Crippen MR) is 76.8 cm³/mol. The molecule has 0 aliphatic heterocycles. The molecular weight excluding hydrogens is 287 g/mol. The Bertz CT molecular complexity index is 464. The van der Waals surface area contributed by atoms with E-state index in [0.717, 1.165) is 0 Å². The molecule has 1 rings (SSSR count). The topological polar surface area (TPSA) is 62.2 Å². The summed E-state index contributed by atoms with van der Waals surface area (Å²) in [5.74, 6) is -0.115. The molecule has 1 aromatic heterocycles. The lowest BCUT2D eigenvalue weighted by Crippen LogP contribution is -2.39. The van der Waals surface area contributed by atoms with E-state index < -0.39 is 0 Å². The highest BCUT2D eigenvalue weighted by atomic mass is 35.5. The van der Waals surface area contributed by atoms with Crippen molar-refractivity contribution in [2.45, 2.75) is 33.2 Å². The Balaban J connectivity index is 2.92. The molecule has 4 nitrogen and oxygen atoms in total.